The predicted molar refractivity (Wildman–Crippen MR) is 69.9 cm³/mol. The molecule has 1 N–H and O–H groups in total. The Bertz CT molecular complexity index is 450. The lowest BCUT2D eigenvalue weighted by atomic mass is 10.1. The van der Waals surface area contributed by atoms with E-state index in [1.54, 1.807) is 12.1 Å². The molecule has 98 valence electrons. The number of rotatable bonds is 3. The van der Waals surface area contributed by atoms with E-state index in [1.165, 1.54) is 0 Å². The Balaban J connectivity index is 2.31. The zero-order valence-corrected chi connectivity index (χ0v) is 10.7. The third-order valence-electron chi connectivity index (χ3n) is 3.32. The van der Waals surface area contributed by atoms with Crippen molar-refractivity contribution in [2.24, 2.45) is 0 Å². The summed E-state index contributed by atoms with van der Waals surface area (Å²) >= 11 is 0. The predicted octanol–water partition coefficient (Wildman–Crippen LogP) is 1.49. The third-order valence-corrected chi connectivity index (χ3v) is 3.32. The summed E-state index contributed by atoms with van der Waals surface area (Å²) in [5, 5.41) is 14.3. The molecule has 0 saturated carbocycles. The molecule has 2 heterocycles. The number of nitrogens with zero attached hydrogens (tertiary/aromatic N) is 3. The monoisotopic (exact) mass is 250 g/mol. The van der Waals surface area contributed by atoms with E-state index in [0.717, 1.165) is 31.6 Å². The quantitative estimate of drug-likeness (QED) is 0.650. The number of likely N-dealkylation sites (N-methyl/N-ethyl adjacent to an activating group) is 1. The lowest BCUT2D eigenvalue weighted by Crippen LogP contribution is -2.45. The SMILES string of the molecule is CNC1CCCN(c2nc(C)ccc2[N+](=O)[O-])C1. The lowest BCUT2D eigenvalue weighted by molar-refractivity contribution is -0.384. The number of aryl methyl sites for hydroxylation is 1. The van der Waals surface area contributed by atoms with Gasteiger partial charge in [-0.05, 0) is 32.9 Å². The zero-order valence-electron chi connectivity index (χ0n) is 10.7. The highest BCUT2D eigenvalue weighted by molar-refractivity contribution is 5.58. The molecular formula is C12H18N4O2. The molecule has 0 spiro atoms. The first-order valence-corrected chi connectivity index (χ1v) is 6.16. The Morgan fingerprint density at radius 3 is 3.00 bits per heavy atom. The van der Waals surface area contributed by atoms with E-state index in [4.69, 9.17) is 0 Å². The minimum absolute atomic E-state index is 0.0948. The molecule has 0 aromatic carbocycles. The topological polar surface area (TPSA) is 71.3 Å². The summed E-state index contributed by atoms with van der Waals surface area (Å²) in [4.78, 5) is 17.0. The molecule has 1 aliphatic heterocycles. The number of hydrogen-bond acceptors (Lipinski definition) is 5. The molecule has 1 aromatic heterocycles. The fraction of sp³-hybridized carbons (Fsp3) is 0.583. The van der Waals surface area contributed by atoms with Crippen LogP contribution in [0, 0.1) is 17.0 Å². The van der Waals surface area contributed by atoms with Crippen LogP contribution in [-0.2, 0) is 0 Å². The summed E-state index contributed by atoms with van der Waals surface area (Å²) in [6, 6.07) is 3.60. The van der Waals surface area contributed by atoms with Crippen molar-refractivity contribution in [3.8, 4) is 0 Å². The number of pyridine rings is 1. The van der Waals surface area contributed by atoms with Crippen LogP contribution < -0.4 is 10.2 Å². The zero-order chi connectivity index (χ0) is 13.1. The van der Waals surface area contributed by atoms with E-state index >= 15 is 0 Å². The Hall–Kier alpha value is -1.69. The smallest absolute Gasteiger partial charge is 0.311 e. The average molecular weight is 250 g/mol. The van der Waals surface area contributed by atoms with Gasteiger partial charge in [0.05, 0.1) is 4.92 Å². The molecule has 2 rings (SSSR count). The van der Waals surface area contributed by atoms with Gasteiger partial charge in [-0.25, -0.2) is 4.98 Å². The Morgan fingerprint density at radius 2 is 2.33 bits per heavy atom. The molecule has 1 fully saturated rings. The maximum atomic E-state index is 11.1. The minimum atomic E-state index is -0.356. The van der Waals surface area contributed by atoms with Crippen LogP contribution in [0.2, 0.25) is 0 Å². The lowest BCUT2D eigenvalue weighted by Gasteiger charge is -2.33. The number of nitrogens with one attached hydrogen (secondary N) is 1. The van der Waals surface area contributed by atoms with E-state index in [1.807, 2.05) is 18.9 Å². The maximum Gasteiger partial charge on any atom is 0.311 e. The van der Waals surface area contributed by atoms with E-state index in [-0.39, 0.29) is 10.6 Å². The normalized spacial score (nSPS) is 19.9. The summed E-state index contributed by atoms with van der Waals surface area (Å²) < 4.78 is 0. The Labute approximate surface area is 106 Å². The minimum Gasteiger partial charge on any atom is -0.349 e. The molecule has 6 heteroatoms. The molecular weight excluding hydrogens is 232 g/mol. The number of nitro groups is 1. The number of hydrogen-bond donors (Lipinski definition) is 1. The number of aromatic nitrogens is 1. The summed E-state index contributed by atoms with van der Waals surface area (Å²) in [6.45, 7) is 3.45. The van der Waals surface area contributed by atoms with Gasteiger partial charge in [-0.3, -0.25) is 10.1 Å². The fourth-order valence-electron chi connectivity index (χ4n) is 2.32. The molecule has 0 radical (unpaired) electrons. The second-order valence-corrected chi connectivity index (χ2v) is 4.63. The van der Waals surface area contributed by atoms with Gasteiger partial charge in [-0.2, -0.15) is 0 Å². The molecule has 1 unspecified atom stereocenters. The van der Waals surface area contributed by atoms with Gasteiger partial charge in [0.1, 0.15) is 0 Å². The standard InChI is InChI=1S/C12H18N4O2/c1-9-5-6-11(16(17)18)12(14-9)15-7-3-4-10(8-15)13-2/h5-6,10,13H,3-4,7-8H2,1-2H3. The van der Waals surface area contributed by atoms with Crippen LogP contribution in [0.4, 0.5) is 11.5 Å². The van der Waals surface area contributed by atoms with Crippen molar-refractivity contribution in [2.45, 2.75) is 25.8 Å². The largest absolute Gasteiger partial charge is 0.349 e. The second kappa shape index (κ2) is 5.30. The summed E-state index contributed by atoms with van der Waals surface area (Å²) in [5.41, 5.74) is 0.902. The van der Waals surface area contributed by atoms with Gasteiger partial charge in [0, 0.05) is 30.9 Å². The van der Waals surface area contributed by atoms with Gasteiger partial charge < -0.3 is 10.2 Å². The van der Waals surface area contributed by atoms with Gasteiger partial charge in [-0.15, -0.1) is 0 Å². The highest BCUT2D eigenvalue weighted by Gasteiger charge is 2.26. The third kappa shape index (κ3) is 2.59. The van der Waals surface area contributed by atoms with Gasteiger partial charge in [0.15, 0.2) is 0 Å². The van der Waals surface area contributed by atoms with Gasteiger partial charge in [-0.1, -0.05) is 0 Å². The van der Waals surface area contributed by atoms with Crippen molar-refractivity contribution in [3.05, 3.63) is 27.9 Å². The Kier molecular flexibility index (Phi) is 3.76. The van der Waals surface area contributed by atoms with Crippen molar-refractivity contribution in [3.63, 3.8) is 0 Å². The van der Waals surface area contributed by atoms with Crippen LogP contribution in [0.1, 0.15) is 18.5 Å². The van der Waals surface area contributed by atoms with Crippen LogP contribution in [0.25, 0.3) is 0 Å². The van der Waals surface area contributed by atoms with E-state index in [9.17, 15) is 10.1 Å². The number of anilines is 1. The van der Waals surface area contributed by atoms with Crippen LogP contribution in [0.5, 0.6) is 0 Å². The van der Waals surface area contributed by atoms with Crippen LogP contribution >= 0.6 is 0 Å². The molecule has 1 aromatic rings. The maximum absolute atomic E-state index is 11.1. The molecule has 6 nitrogen and oxygen atoms in total. The molecule has 1 aliphatic rings. The van der Waals surface area contributed by atoms with Gasteiger partial charge in [0.25, 0.3) is 0 Å². The Morgan fingerprint density at radius 1 is 1.56 bits per heavy atom. The van der Waals surface area contributed by atoms with E-state index < -0.39 is 0 Å². The summed E-state index contributed by atoms with van der Waals surface area (Å²) in [7, 11) is 1.92. The van der Waals surface area contributed by atoms with Gasteiger partial charge in [0.2, 0.25) is 5.82 Å². The van der Waals surface area contributed by atoms with E-state index in [2.05, 4.69) is 10.3 Å². The molecule has 0 amide bonds. The molecule has 1 atom stereocenters. The number of piperidine rings is 1. The van der Waals surface area contributed by atoms with Crippen molar-refractivity contribution in [1.29, 1.82) is 0 Å². The van der Waals surface area contributed by atoms with Crippen molar-refractivity contribution >= 4 is 11.5 Å². The summed E-state index contributed by atoms with van der Waals surface area (Å²) in [5.74, 6) is 0.500. The highest BCUT2D eigenvalue weighted by Crippen LogP contribution is 2.28. The molecule has 0 aliphatic carbocycles. The van der Waals surface area contributed by atoms with Crippen molar-refractivity contribution in [2.75, 3.05) is 25.0 Å². The second-order valence-electron chi connectivity index (χ2n) is 4.63. The van der Waals surface area contributed by atoms with E-state index in [0.29, 0.717) is 11.9 Å². The molecule has 18 heavy (non-hydrogen) atoms. The highest BCUT2D eigenvalue weighted by atomic mass is 16.6. The molecule has 1 saturated heterocycles. The van der Waals surface area contributed by atoms with Crippen LogP contribution in [-0.4, -0.2) is 36.1 Å². The summed E-state index contributed by atoms with van der Waals surface area (Å²) in [6.07, 6.45) is 2.13. The van der Waals surface area contributed by atoms with Crippen LogP contribution in [0.3, 0.4) is 0 Å². The van der Waals surface area contributed by atoms with Crippen molar-refractivity contribution in [1.82, 2.24) is 10.3 Å². The van der Waals surface area contributed by atoms with Gasteiger partial charge >= 0.3 is 5.69 Å². The molecule has 0 bridgehead atoms. The average Bonchev–Trinajstić information content (AvgIpc) is 2.38. The first-order valence-electron chi connectivity index (χ1n) is 6.16. The first-order chi connectivity index (χ1) is 8.61. The van der Waals surface area contributed by atoms with Crippen molar-refractivity contribution < 1.29 is 4.92 Å². The first kappa shape index (κ1) is 12.8. The fourth-order valence-corrected chi connectivity index (χ4v) is 2.32. The van der Waals surface area contributed by atoms with Crippen LogP contribution in [0.15, 0.2) is 12.1 Å².